The molecule has 0 saturated heterocycles. The van der Waals surface area contributed by atoms with Gasteiger partial charge in [-0.25, -0.2) is 0 Å². The minimum Gasteiger partial charge on any atom is -0.507 e. The Morgan fingerprint density at radius 3 is 1.73 bits per heavy atom. The Hall–Kier alpha value is -2.33. The Labute approximate surface area is 183 Å². The summed E-state index contributed by atoms with van der Waals surface area (Å²) in [5, 5.41) is 11.1. The van der Waals surface area contributed by atoms with Gasteiger partial charge < -0.3 is 5.11 Å². The number of aromatic hydroxyl groups is 1. The van der Waals surface area contributed by atoms with Gasteiger partial charge in [-0.1, -0.05) is 72.7 Å². The number of hydrogen-bond donors (Lipinski definition) is 1. The van der Waals surface area contributed by atoms with Gasteiger partial charge in [-0.2, -0.15) is 0 Å². The van der Waals surface area contributed by atoms with E-state index in [9.17, 15) is 14.7 Å². The summed E-state index contributed by atoms with van der Waals surface area (Å²) in [6.07, 6.45) is 0. The van der Waals surface area contributed by atoms with E-state index in [4.69, 9.17) is 0 Å². The van der Waals surface area contributed by atoms with E-state index in [1.54, 1.807) is 24.3 Å². The Morgan fingerprint density at radius 2 is 1.30 bits per heavy atom. The van der Waals surface area contributed by atoms with Gasteiger partial charge in [-0.15, -0.1) is 11.8 Å². The maximum Gasteiger partial charge on any atom is 0.200 e. The van der Waals surface area contributed by atoms with Gasteiger partial charge in [-0.05, 0) is 34.3 Å². The first-order valence-corrected chi connectivity index (χ1v) is 11.3. The van der Waals surface area contributed by atoms with Gasteiger partial charge in [0, 0.05) is 27.8 Å². The lowest BCUT2D eigenvalue weighted by molar-refractivity contribution is 0.0998. The van der Waals surface area contributed by atoms with Gasteiger partial charge >= 0.3 is 0 Å². The average Bonchev–Trinajstić information content (AvgIpc) is 2.65. The van der Waals surface area contributed by atoms with E-state index in [1.165, 1.54) is 11.8 Å². The number of phenols is 1. The molecule has 0 spiro atoms. The molecule has 30 heavy (non-hydrogen) atoms. The zero-order valence-electron chi connectivity index (χ0n) is 18.8. The predicted molar refractivity (Wildman–Crippen MR) is 126 cm³/mol. The van der Waals surface area contributed by atoms with Crippen molar-refractivity contribution in [1.29, 1.82) is 0 Å². The number of ketones is 2. The van der Waals surface area contributed by atoms with Crippen LogP contribution in [-0.2, 0) is 10.8 Å². The summed E-state index contributed by atoms with van der Waals surface area (Å²) < 4.78 is 0. The maximum atomic E-state index is 13.6. The molecule has 3 nitrogen and oxygen atoms in total. The lowest BCUT2D eigenvalue weighted by Gasteiger charge is -2.29. The fourth-order valence-electron chi connectivity index (χ4n) is 3.82. The Bertz CT molecular complexity index is 1030. The van der Waals surface area contributed by atoms with Crippen molar-refractivity contribution in [3.05, 3.63) is 69.1 Å². The molecule has 158 valence electrons. The highest BCUT2D eigenvalue weighted by atomic mass is 32.2. The van der Waals surface area contributed by atoms with Gasteiger partial charge in [0.1, 0.15) is 5.75 Å². The number of benzene rings is 2. The third kappa shape index (κ3) is 3.85. The second kappa shape index (κ2) is 7.73. The first-order valence-electron chi connectivity index (χ1n) is 10.3. The van der Waals surface area contributed by atoms with E-state index in [1.807, 2.05) is 60.6 Å². The molecule has 0 fully saturated rings. The molecule has 0 heterocycles. The van der Waals surface area contributed by atoms with E-state index < -0.39 is 0 Å². The largest absolute Gasteiger partial charge is 0.507 e. The standard InChI is InChI=1S/C26H30O3S/c1-8-30-24-20(21(27)16-11-9-10-12-17(16)22(24)28)15-13-18(25(2,3)4)23(29)19(14-15)26(5,6)7/h9-14,29H,8H2,1-7H3. The number of allylic oxidation sites excluding steroid dienone is 2. The number of fused-ring (bicyclic) bond motifs is 1. The number of carbonyl (C=O) groups excluding carboxylic acids is 2. The van der Waals surface area contributed by atoms with Crippen LogP contribution in [0.4, 0.5) is 0 Å². The van der Waals surface area contributed by atoms with Gasteiger partial charge in [-0.3, -0.25) is 9.59 Å². The summed E-state index contributed by atoms with van der Waals surface area (Å²) in [5.74, 6) is 0.719. The van der Waals surface area contributed by atoms with Crippen molar-refractivity contribution in [3.63, 3.8) is 0 Å². The van der Waals surface area contributed by atoms with Crippen LogP contribution >= 0.6 is 11.8 Å². The van der Waals surface area contributed by atoms with Crippen LogP contribution in [-0.4, -0.2) is 22.4 Å². The van der Waals surface area contributed by atoms with E-state index in [0.717, 1.165) is 11.1 Å². The molecule has 4 heteroatoms. The Balaban J connectivity index is 2.38. The Morgan fingerprint density at radius 1 is 0.833 bits per heavy atom. The van der Waals surface area contributed by atoms with Gasteiger partial charge in [0.25, 0.3) is 0 Å². The van der Waals surface area contributed by atoms with Crippen molar-refractivity contribution in [1.82, 2.24) is 0 Å². The first-order chi connectivity index (χ1) is 13.9. The third-order valence-corrected chi connectivity index (χ3v) is 6.35. The smallest absolute Gasteiger partial charge is 0.200 e. The molecule has 0 bridgehead atoms. The molecule has 2 aromatic rings. The first kappa shape index (κ1) is 22.4. The fourth-order valence-corrected chi connectivity index (χ4v) is 4.70. The molecule has 2 aromatic carbocycles. The minimum absolute atomic E-state index is 0.102. The molecule has 0 aliphatic heterocycles. The summed E-state index contributed by atoms with van der Waals surface area (Å²) in [6.45, 7) is 14.2. The van der Waals surface area contributed by atoms with Crippen molar-refractivity contribution in [3.8, 4) is 5.75 Å². The predicted octanol–water partition coefficient (Wildman–Crippen LogP) is 6.53. The quantitative estimate of drug-likeness (QED) is 0.611. The molecule has 0 radical (unpaired) electrons. The maximum absolute atomic E-state index is 13.6. The minimum atomic E-state index is -0.321. The SMILES string of the molecule is CCSC1=C(c2cc(C(C)(C)C)c(O)c(C(C)(C)C)c2)C(=O)c2ccccc2C1=O. The molecule has 1 N–H and O–H groups in total. The molecule has 1 aliphatic carbocycles. The van der Waals surface area contributed by atoms with Crippen LogP contribution in [0.1, 0.15) is 85.9 Å². The molecule has 0 amide bonds. The molecule has 0 aromatic heterocycles. The number of carbonyl (C=O) groups is 2. The van der Waals surface area contributed by atoms with Crippen LogP contribution < -0.4 is 0 Å². The normalized spacial score (nSPS) is 14.9. The Kier molecular flexibility index (Phi) is 5.76. The van der Waals surface area contributed by atoms with E-state index >= 15 is 0 Å². The highest BCUT2D eigenvalue weighted by Gasteiger charge is 2.35. The van der Waals surface area contributed by atoms with Crippen molar-refractivity contribution in [2.45, 2.75) is 59.3 Å². The van der Waals surface area contributed by atoms with Crippen LogP contribution in [0.3, 0.4) is 0 Å². The highest BCUT2D eigenvalue weighted by Crippen LogP contribution is 2.44. The lowest BCUT2D eigenvalue weighted by Crippen LogP contribution is -2.22. The fraction of sp³-hybridized carbons (Fsp3) is 0.385. The van der Waals surface area contributed by atoms with E-state index in [0.29, 0.717) is 32.9 Å². The lowest BCUT2D eigenvalue weighted by atomic mass is 9.76. The topological polar surface area (TPSA) is 54.4 Å². The zero-order chi connectivity index (χ0) is 22.4. The number of thioether (sulfide) groups is 1. The summed E-state index contributed by atoms with van der Waals surface area (Å²) >= 11 is 1.41. The molecule has 0 atom stereocenters. The molecular weight excluding hydrogens is 392 g/mol. The van der Waals surface area contributed by atoms with Crippen LogP contribution in [0.15, 0.2) is 41.3 Å². The van der Waals surface area contributed by atoms with E-state index in [-0.39, 0.29) is 28.1 Å². The second-order valence-corrected chi connectivity index (χ2v) is 11.0. The summed E-state index contributed by atoms with van der Waals surface area (Å²) in [5.41, 5.74) is 2.97. The summed E-state index contributed by atoms with van der Waals surface area (Å²) in [4.78, 5) is 27.3. The molecular formula is C26H30O3S. The number of hydrogen-bond acceptors (Lipinski definition) is 4. The van der Waals surface area contributed by atoms with Crippen molar-refractivity contribution in [2.24, 2.45) is 0 Å². The van der Waals surface area contributed by atoms with Crippen LogP contribution in [0, 0.1) is 0 Å². The number of phenolic OH excluding ortho intramolecular Hbond substituents is 1. The molecule has 0 saturated carbocycles. The number of rotatable bonds is 3. The third-order valence-electron chi connectivity index (χ3n) is 5.38. The zero-order valence-corrected chi connectivity index (χ0v) is 19.7. The van der Waals surface area contributed by atoms with Gasteiger partial charge in [0.05, 0.1) is 4.91 Å². The van der Waals surface area contributed by atoms with Crippen LogP contribution in [0.5, 0.6) is 5.75 Å². The monoisotopic (exact) mass is 422 g/mol. The molecule has 1 aliphatic rings. The second-order valence-electron chi connectivity index (χ2n) is 9.76. The molecule has 0 unspecified atom stereocenters. The highest BCUT2D eigenvalue weighted by molar-refractivity contribution is 8.04. The number of Topliss-reactive ketones (excluding diaryl/α,β-unsaturated/α-hetero) is 2. The van der Waals surface area contributed by atoms with E-state index in [2.05, 4.69) is 0 Å². The van der Waals surface area contributed by atoms with Crippen molar-refractivity contribution >= 4 is 28.9 Å². The van der Waals surface area contributed by atoms with Gasteiger partial charge in [0.2, 0.25) is 5.78 Å². The van der Waals surface area contributed by atoms with Crippen LogP contribution in [0.25, 0.3) is 5.57 Å². The average molecular weight is 423 g/mol. The van der Waals surface area contributed by atoms with Gasteiger partial charge in [0.15, 0.2) is 5.78 Å². The van der Waals surface area contributed by atoms with Crippen molar-refractivity contribution < 1.29 is 14.7 Å². The van der Waals surface area contributed by atoms with Crippen LogP contribution in [0.2, 0.25) is 0 Å². The van der Waals surface area contributed by atoms with Crippen molar-refractivity contribution in [2.75, 3.05) is 5.75 Å². The summed E-state index contributed by atoms with van der Waals surface area (Å²) in [7, 11) is 0. The summed E-state index contributed by atoms with van der Waals surface area (Å²) in [6, 6.07) is 10.8. The molecule has 3 rings (SSSR count).